The number of aromatic nitrogens is 1. The number of carboxylic acids is 2. The summed E-state index contributed by atoms with van der Waals surface area (Å²) in [4.78, 5) is 43.3. The molecule has 11 heteroatoms. The fourth-order valence-electron chi connectivity index (χ4n) is 6.69. The molecule has 3 aliphatic rings. The summed E-state index contributed by atoms with van der Waals surface area (Å²) in [5.74, 6) is -2.64. The van der Waals surface area contributed by atoms with Crippen LogP contribution in [-0.4, -0.2) is 50.2 Å². The zero-order chi connectivity index (χ0) is 32.5. The van der Waals surface area contributed by atoms with E-state index in [0.29, 0.717) is 25.0 Å². The molecule has 10 nitrogen and oxygen atoms in total. The van der Waals surface area contributed by atoms with Crippen LogP contribution in [0.25, 0.3) is 12.2 Å². The van der Waals surface area contributed by atoms with Crippen LogP contribution in [0.1, 0.15) is 89.2 Å². The number of H-pyrrole nitrogens is 1. The Morgan fingerprint density at radius 2 is 1.77 bits per heavy atom. The summed E-state index contributed by atoms with van der Waals surface area (Å²) < 4.78 is 0. The molecule has 0 saturated heterocycles. The number of amides is 1. The molecule has 1 aromatic rings. The number of aliphatic carboxylic acids is 2. The van der Waals surface area contributed by atoms with E-state index in [9.17, 15) is 29.7 Å². The van der Waals surface area contributed by atoms with Crippen LogP contribution < -0.4 is 15.7 Å². The summed E-state index contributed by atoms with van der Waals surface area (Å²) in [6.45, 7) is 11.6. The van der Waals surface area contributed by atoms with Crippen LogP contribution in [0.4, 0.5) is 0 Å². The summed E-state index contributed by atoms with van der Waals surface area (Å²) >= 11 is 4.61. The van der Waals surface area contributed by atoms with Crippen LogP contribution >= 0.6 is 12.6 Å². The molecule has 1 aromatic heterocycles. The maximum atomic E-state index is 12.5. The van der Waals surface area contributed by atoms with E-state index in [4.69, 9.17) is 0 Å². The van der Waals surface area contributed by atoms with Gasteiger partial charge in [-0.25, -0.2) is 0 Å². The highest BCUT2D eigenvalue weighted by Gasteiger charge is 2.34. The van der Waals surface area contributed by atoms with Gasteiger partial charge < -0.3 is 30.9 Å². The Labute approximate surface area is 263 Å². The maximum Gasteiger partial charge on any atom is 0.303 e. The molecule has 0 bridgehead atoms. The number of aliphatic imine (C=N–C) groups is 1. The molecule has 5 N–H and O–H groups in total. The minimum absolute atomic E-state index is 0.0165. The number of nitrogens with one attached hydrogen (secondary N) is 3. The molecule has 4 rings (SSSR count). The predicted molar refractivity (Wildman–Crippen MR) is 172 cm³/mol. The third kappa shape index (κ3) is 6.82. The molecule has 1 amide bonds. The van der Waals surface area contributed by atoms with Gasteiger partial charge in [-0.2, -0.15) is 12.6 Å². The smallest absolute Gasteiger partial charge is 0.303 e. The maximum absolute atomic E-state index is 12.5. The Morgan fingerprint density at radius 3 is 2.36 bits per heavy atom. The number of thiol groups is 1. The minimum atomic E-state index is -0.912. The molecule has 0 fully saturated rings. The lowest BCUT2D eigenvalue weighted by atomic mass is 9.90. The Hall–Kier alpha value is -3.73. The van der Waals surface area contributed by atoms with Crippen molar-refractivity contribution in [2.75, 3.05) is 0 Å². The normalized spacial score (nSPS) is 26.1. The van der Waals surface area contributed by atoms with Gasteiger partial charge in [-0.3, -0.25) is 19.4 Å². The Bertz CT molecular complexity index is 1510. The zero-order valence-electron chi connectivity index (χ0n) is 26.2. The van der Waals surface area contributed by atoms with Gasteiger partial charge in [0.1, 0.15) is 0 Å². The fraction of sp³-hybridized carbons (Fsp3) is 0.515. The van der Waals surface area contributed by atoms with Gasteiger partial charge in [0.15, 0.2) is 0 Å². The fourth-order valence-corrected chi connectivity index (χ4v) is 7.10. The molecule has 0 aliphatic carbocycles. The second kappa shape index (κ2) is 13.5. The molecule has 2 unspecified atom stereocenters. The van der Waals surface area contributed by atoms with Gasteiger partial charge in [-0.05, 0) is 86.3 Å². The molecule has 0 spiro atoms. The number of carbonyl (C=O) groups is 3. The number of carbonyl (C=O) groups excluding carboxylic acids is 1. The molecule has 4 heterocycles. The molecule has 0 saturated carbocycles. The summed E-state index contributed by atoms with van der Waals surface area (Å²) in [6, 6.07) is -0.145. The van der Waals surface area contributed by atoms with Gasteiger partial charge in [0.25, 0.3) is 0 Å². The highest BCUT2D eigenvalue weighted by atomic mass is 32.1. The second-order valence-corrected chi connectivity index (χ2v) is 13.0. The van der Waals surface area contributed by atoms with E-state index in [1.165, 1.54) is 0 Å². The van der Waals surface area contributed by atoms with E-state index in [0.717, 1.165) is 50.6 Å². The number of aromatic amines is 1. The largest absolute Gasteiger partial charge is 0.861 e. The molecule has 3 aliphatic heterocycles. The molecule has 0 aromatic carbocycles. The first-order valence-electron chi connectivity index (χ1n) is 15.2. The Kier molecular flexibility index (Phi) is 10.2. The average molecular weight is 624 g/mol. The Morgan fingerprint density at radius 1 is 1.09 bits per heavy atom. The van der Waals surface area contributed by atoms with Gasteiger partial charge >= 0.3 is 11.9 Å². The molecule has 238 valence electrons. The van der Waals surface area contributed by atoms with Crippen LogP contribution in [0.5, 0.6) is 0 Å². The van der Waals surface area contributed by atoms with Gasteiger partial charge in [0, 0.05) is 70.4 Å². The van der Waals surface area contributed by atoms with Crippen molar-refractivity contribution in [2.45, 2.75) is 91.4 Å². The first-order valence-corrected chi connectivity index (χ1v) is 15.7. The van der Waals surface area contributed by atoms with Crippen molar-refractivity contribution in [2.24, 2.45) is 22.7 Å². The topological polar surface area (TPSA) is 167 Å². The molecular formula is C33H43N4O6S-. The summed E-state index contributed by atoms with van der Waals surface area (Å²) in [5.41, 5.74) is 8.39. The number of hydrogen-bond acceptors (Lipinski definition) is 7. The summed E-state index contributed by atoms with van der Waals surface area (Å²) in [6.07, 6.45) is 5.61. The van der Waals surface area contributed by atoms with Crippen LogP contribution in [0.2, 0.25) is 0 Å². The number of rotatable bonds is 12. The summed E-state index contributed by atoms with van der Waals surface area (Å²) in [5, 5.41) is 37.9. The standard InChI is InChI=1S/C33H44N4O6S/c1-7-20-15(2)25(36-33(20)43)12-23-16(3)21(8-10-29(38)39)26(34-23)14-27-22(9-11-30(40)41)17(4)24(35-27)13-28-31(19(6)44)18(5)32(42)37-28/h13-14,18-19,21,25,31,34-35,44H,7-12H2,1-6H3,(H,36,43)(H,37,42)(H,38,39)(H,40,41)/p-1/b26-14-,28-13-/t18-,19-,21?,25?,31+/m1/s1. The van der Waals surface area contributed by atoms with Crippen molar-refractivity contribution < 1.29 is 29.7 Å². The van der Waals surface area contributed by atoms with Gasteiger partial charge in [-0.1, -0.05) is 20.8 Å². The van der Waals surface area contributed by atoms with Crippen LogP contribution in [0.15, 0.2) is 38.8 Å². The van der Waals surface area contributed by atoms with E-state index in [1.54, 1.807) is 0 Å². The minimum Gasteiger partial charge on any atom is -0.861 e. The van der Waals surface area contributed by atoms with Crippen molar-refractivity contribution in [3.63, 3.8) is 0 Å². The van der Waals surface area contributed by atoms with Crippen molar-refractivity contribution in [1.29, 1.82) is 0 Å². The van der Waals surface area contributed by atoms with Crippen molar-refractivity contribution in [3.8, 4) is 0 Å². The van der Waals surface area contributed by atoms with Crippen LogP contribution in [0.3, 0.4) is 0 Å². The van der Waals surface area contributed by atoms with E-state index >= 15 is 0 Å². The van der Waals surface area contributed by atoms with E-state index in [-0.39, 0.29) is 60.1 Å². The van der Waals surface area contributed by atoms with E-state index in [1.807, 2.05) is 53.7 Å². The lowest BCUT2D eigenvalue weighted by Gasteiger charge is -2.22. The third-order valence-electron chi connectivity index (χ3n) is 9.32. The third-order valence-corrected chi connectivity index (χ3v) is 9.64. The molecular weight excluding hydrogens is 580 g/mol. The monoisotopic (exact) mass is 623 g/mol. The second-order valence-electron chi connectivity index (χ2n) is 12.1. The highest BCUT2D eigenvalue weighted by Crippen LogP contribution is 2.39. The van der Waals surface area contributed by atoms with E-state index < -0.39 is 11.9 Å². The molecule has 5 atom stereocenters. The quantitative estimate of drug-likeness (QED) is 0.188. The SMILES string of the molecule is CCC1=C(C)C(CC2=C(C)C(CCC(=O)O)/C(=C/c3[nH]c(/C=C4\N=C([O-])[C@H](C)[C@H]4[C@@H](C)S)c(C)c3CCC(=O)O)N2)NC1=O. The van der Waals surface area contributed by atoms with Gasteiger partial charge in [0.05, 0.1) is 6.04 Å². The van der Waals surface area contributed by atoms with Crippen molar-refractivity contribution >= 4 is 48.5 Å². The first-order chi connectivity index (χ1) is 20.7. The lowest BCUT2D eigenvalue weighted by molar-refractivity contribution is -0.222. The lowest BCUT2D eigenvalue weighted by Crippen LogP contribution is -2.30. The molecule has 44 heavy (non-hydrogen) atoms. The number of carboxylic acid groups (broad SMARTS) is 2. The van der Waals surface area contributed by atoms with Gasteiger partial charge in [-0.15, -0.1) is 0 Å². The zero-order valence-corrected chi connectivity index (χ0v) is 27.1. The van der Waals surface area contributed by atoms with E-state index in [2.05, 4.69) is 33.2 Å². The number of allylic oxidation sites excluding steroid dienone is 2. The van der Waals surface area contributed by atoms with Crippen molar-refractivity contribution in [3.05, 3.63) is 56.3 Å². The Balaban J connectivity index is 1.74. The first kappa shape index (κ1) is 33.2. The molecule has 0 radical (unpaired) electrons. The highest BCUT2D eigenvalue weighted by molar-refractivity contribution is 7.80. The van der Waals surface area contributed by atoms with Crippen LogP contribution in [-0.2, 0) is 20.8 Å². The number of nitrogens with zero attached hydrogens (tertiary/aromatic N) is 1. The summed E-state index contributed by atoms with van der Waals surface area (Å²) in [7, 11) is 0. The van der Waals surface area contributed by atoms with Crippen LogP contribution in [0, 0.1) is 24.7 Å². The van der Waals surface area contributed by atoms with Gasteiger partial charge in [0.2, 0.25) is 5.91 Å². The predicted octanol–water partition coefficient (Wildman–Crippen LogP) is 4.34. The number of hydrogen-bond donors (Lipinski definition) is 6. The van der Waals surface area contributed by atoms with Crippen molar-refractivity contribution in [1.82, 2.24) is 15.6 Å². The average Bonchev–Trinajstić information content (AvgIpc) is 3.59.